The molecule has 1 aromatic carbocycles. The Morgan fingerprint density at radius 3 is 2.63 bits per heavy atom. The van der Waals surface area contributed by atoms with Crippen molar-refractivity contribution in [2.45, 2.75) is 24.6 Å². The Morgan fingerprint density at radius 2 is 1.97 bits per heavy atom. The Morgan fingerprint density at radius 1 is 1.26 bits per heavy atom. The highest BCUT2D eigenvalue weighted by atomic mass is 32.1. The number of carbonyl (C=O) groups is 1. The number of nitrogens with zero attached hydrogens (tertiary/aromatic N) is 4. The second-order valence-electron chi connectivity index (χ2n) is 8.32. The summed E-state index contributed by atoms with van der Waals surface area (Å²) in [5.41, 5.74) is 0.372. The highest BCUT2D eigenvalue weighted by molar-refractivity contribution is 7.19. The first-order valence-electron chi connectivity index (χ1n) is 10.7. The molecular formula is C23H23F4N5O2S. The van der Waals surface area contributed by atoms with Crippen molar-refractivity contribution in [1.29, 1.82) is 0 Å². The fourth-order valence-electron chi connectivity index (χ4n) is 3.93. The summed E-state index contributed by atoms with van der Waals surface area (Å²) in [4.78, 5) is 20.9. The number of hydrogen-bond acceptors (Lipinski definition) is 7. The molecule has 12 heteroatoms. The van der Waals surface area contributed by atoms with E-state index in [0.29, 0.717) is 16.9 Å². The molecule has 0 spiro atoms. The highest BCUT2D eigenvalue weighted by Gasteiger charge is 2.61. The first kappa shape index (κ1) is 25.0. The van der Waals surface area contributed by atoms with Gasteiger partial charge >= 0.3 is 12.1 Å². The van der Waals surface area contributed by atoms with Gasteiger partial charge in [0, 0.05) is 12.6 Å². The molecule has 3 heterocycles. The van der Waals surface area contributed by atoms with E-state index in [4.69, 9.17) is 0 Å². The van der Waals surface area contributed by atoms with Gasteiger partial charge in [0.05, 0.1) is 24.5 Å². The second kappa shape index (κ2) is 9.51. The van der Waals surface area contributed by atoms with E-state index in [0.717, 1.165) is 12.4 Å². The van der Waals surface area contributed by atoms with E-state index in [-0.39, 0.29) is 34.7 Å². The van der Waals surface area contributed by atoms with E-state index in [9.17, 15) is 9.90 Å². The van der Waals surface area contributed by atoms with Crippen LogP contribution in [0.15, 0.2) is 48.8 Å². The number of nitrogens with one attached hydrogen (secondary N) is 1. The lowest BCUT2D eigenvalue weighted by Gasteiger charge is -2.40. The Labute approximate surface area is 202 Å². The first-order valence-corrected chi connectivity index (χ1v) is 11.5. The average molecular weight is 510 g/mol. The monoisotopic (exact) mass is 509 g/mol. The van der Waals surface area contributed by atoms with E-state index in [2.05, 4.69) is 15.3 Å². The van der Waals surface area contributed by atoms with Crippen LogP contribution in [0.25, 0.3) is 10.2 Å². The number of likely N-dealkylation sites (N-methyl/N-ethyl adjacent to an activating group) is 1. The zero-order valence-electron chi connectivity index (χ0n) is 18.9. The van der Waals surface area contributed by atoms with Crippen molar-refractivity contribution in [3.05, 3.63) is 64.8 Å². The molecule has 4 rings (SSSR count). The molecule has 0 unspecified atom stereocenters. The van der Waals surface area contributed by atoms with Gasteiger partial charge < -0.3 is 15.3 Å². The van der Waals surface area contributed by atoms with Gasteiger partial charge in [-0.25, -0.2) is 14.9 Å². The molecule has 0 aliphatic carbocycles. The minimum absolute atomic E-state index is 0.0245. The number of alkyl halides is 4. The van der Waals surface area contributed by atoms with Gasteiger partial charge in [0.25, 0.3) is 5.91 Å². The van der Waals surface area contributed by atoms with Crippen LogP contribution >= 0.6 is 11.3 Å². The number of amides is 1. The Bertz CT molecular complexity index is 1250. The number of hydrogen-bond donors (Lipinski definition) is 2. The summed E-state index contributed by atoms with van der Waals surface area (Å²) >= 11 is 0.539. The second-order valence-corrected chi connectivity index (χ2v) is 9.32. The summed E-state index contributed by atoms with van der Waals surface area (Å²) in [6.45, 7) is -0.126. The summed E-state index contributed by atoms with van der Waals surface area (Å²) in [6, 6.07) is -0.252. The summed E-state index contributed by atoms with van der Waals surface area (Å²) in [5, 5.41) is 12.9. The molecule has 0 fully saturated rings. The van der Waals surface area contributed by atoms with Gasteiger partial charge in [-0.2, -0.15) is 17.6 Å². The standard InChI is InChI=1S/C23H23F4N5O2S/c1-31(2)10-6-9-17(34)32-22(24,25)11-15-18-20(30-16(12-33)14-7-4-3-5-8-14)28-13-29-21(18)35-19(15)23(32,26)27/h3-9,13,16,33H,10-12H2,1-2H3,(H,28,29,30)/b9-6+/t16-/m1/s1. The fraction of sp³-hybridized carbons (Fsp3) is 0.348. The molecule has 186 valence electrons. The lowest BCUT2D eigenvalue weighted by Crippen LogP contribution is -2.57. The molecule has 35 heavy (non-hydrogen) atoms. The number of carbonyl (C=O) groups excluding carboxylic acids is 1. The maximum atomic E-state index is 15.4. The predicted octanol–water partition coefficient (Wildman–Crippen LogP) is 3.98. The van der Waals surface area contributed by atoms with Crippen LogP contribution in [0.5, 0.6) is 0 Å². The Balaban J connectivity index is 1.77. The van der Waals surface area contributed by atoms with Gasteiger partial charge in [-0.3, -0.25) is 4.79 Å². The van der Waals surface area contributed by atoms with Crippen molar-refractivity contribution in [3.8, 4) is 0 Å². The molecule has 2 N–H and O–H groups in total. The molecule has 3 aromatic rings. The van der Waals surface area contributed by atoms with Crippen LogP contribution < -0.4 is 5.32 Å². The molecule has 1 aliphatic rings. The SMILES string of the molecule is CN(C)C/C=C/C(=O)N1C(F)(F)Cc2c(sc3ncnc(N[C@H](CO)c4ccccc4)c23)C1(F)F. The Kier molecular flexibility index (Phi) is 6.80. The van der Waals surface area contributed by atoms with E-state index < -0.39 is 40.2 Å². The summed E-state index contributed by atoms with van der Waals surface area (Å²) in [5.74, 6) is -1.44. The van der Waals surface area contributed by atoms with Crippen LogP contribution in [-0.2, 0) is 17.3 Å². The summed E-state index contributed by atoms with van der Waals surface area (Å²) in [7, 11) is 3.38. The number of thiophene rings is 1. The summed E-state index contributed by atoms with van der Waals surface area (Å²) in [6.07, 6.45) is 2.00. The molecule has 0 saturated heterocycles. The first-order chi connectivity index (χ1) is 16.6. The number of halogens is 4. The van der Waals surface area contributed by atoms with E-state index in [1.807, 2.05) is 0 Å². The third-order valence-electron chi connectivity index (χ3n) is 5.50. The highest BCUT2D eigenvalue weighted by Crippen LogP contribution is 2.53. The zero-order valence-corrected chi connectivity index (χ0v) is 19.7. The van der Waals surface area contributed by atoms with E-state index >= 15 is 17.6 Å². The molecule has 0 radical (unpaired) electrons. The average Bonchev–Trinajstić information content (AvgIpc) is 3.16. The van der Waals surface area contributed by atoms with Crippen LogP contribution in [0, 0.1) is 0 Å². The number of anilines is 1. The lowest BCUT2D eigenvalue weighted by atomic mass is 10.0. The molecule has 0 bridgehead atoms. The minimum Gasteiger partial charge on any atom is -0.394 e. The number of aromatic nitrogens is 2. The topological polar surface area (TPSA) is 81.6 Å². The van der Waals surface area contributed by atoms with Crippen molar-refractivity contribution in [3.63, 3.8) is 0 Å². The third-order valence-corrected chi connectivity index (χ3v) is 6.70. The van der Waals surface area contributed by atoms with Crippen LogP contribution in [0.1, 0.15) is 22.0 Å². The lowest BCUT2D eigenvalue weighted by molar-refractivity contribution is -0.273. The molecule has 0 saturated carbocycles. The van der Waals surface area contributed by atoms with Gasteiger partial charge in [0.15, 0.2) is 0 Å². The number of aliphatic hydroxyl groups excluding tert-OH is 1. The Hall–Kier alpha value is -3.09. The number of rotatable bonds is 7. The van der Waals surface area contributed by atoms with Gasteiger partial charge in [0.2, 0.25) is 0 Å². The fourth-order valence-corrected chi connectivity index (χ4v) is 5.06. The molecule has 1 aliphatic heterocycles. The minimum atomic E-state index is -4.27. The largest absolute Gasteiger partial charge is 0.394 e. The van der Waals surface area contributed by atoms with Crippen LogP contribution in [0.2, 0.25) is 0 Å². The molecule has 7 nitrogen and oxygen atoms in total. The zero-order chi connectivity index (χ0) is 25.4. The van der Waals surface area contributed by atoms with E-state index in [1.54, 1.807) is 49.3 Å². The van der Waals surface area contributed by atoms with Crippen molar-refractivity contribution in [2.24, 2.45) is 0 Å². The van der Waals surface area contributed by atoms with Crippen molar-refractivity contribution >= 4 is 33.3 Å². The van der Waals surface area contributed by atoms with Crippen LogP contribution in [0.4, 0.5) is 23.4 Å². The van der Waals surface area contributed by atoms with Crippen LogP contribution in [-0.4, -0.2) is 64.1 Å². The summed E-state index contributed by atoms with van der Waals surface area (Å²) < 4.78 is 61.1. The van der Waals surface area contributed by atoms with Gasteiger partial charge in [-0.1, -0.05) is 36.4 Å². The molecule has 2 aromatic heterocycles. The van der Waals surface area contributed by atoms with Gasteiger partial charge in [-0.15, -0.1) is 11.3 Å². The smallest absolute Gasteiger partial charge is 0.369 e. The maximum absolute atomic E-state index is 15.4. The van der Waals surface area contributed by atoms with Gasteiger partial charge in [-0.05, 0) is 25.2 Å². The van der Waals surface area contributed by atoms with Crippen molar-refractivity contribution in [2.75, 3.05) is 32.6 Å². The third kappa shape index (κ3) is 4.73. The number of aliphatic hydroxyl groups is 1. The number of benzene rings is 1. The predicted molar refractivity (Wildman–Crippen MR) is 124 cm³/mol. The quantitative estimate of drug-likeness (QED) is 0.285. The normalized spacial score (nSPS) is 17.7. The number of fused-ring (bicyclic) bond motifs is 3. The van der Waals surface area contributed by atoms with Crippen molar-refractivity contribution < 1.29 is 27.5 Å². The molecular weight excluding hydrogens is 486 g/mol. The van der Waals surface area contributed by atoms with Crippen molar-refractivity contribution in [1.82, 2.24) is 19.8 Å². The molecule has 1 atom stereocenters. The van der Waals surface area contributed by atoms with Gasteiger partial charge in [0.1, 0.15) is 21.9 Å². The van der Waals surface area contributed by atoms with E-state index in [1.165, 1.54) is 6.08 Å². The van der Waals surface area contributed by atoms with Crippen LogP contribution in [0.3, 0.4) is 0 Å². The maximum Gasteiger partial charge on any atom is 0.369 e. The molecule has 1 amide bonds.